The van der Waals surface area contributed by atoms with Crippen LogP contribution in [0.15, 0.2) is 23.1 Å². The van der Waals surface area contributed by atoms with Crippen LogP contribution in [0.4, 0.5) is 13.2 Å². The molecule has 0 aromatic heterocycles. The standard InChI is InChI=1S/C12H8F3NO3S2/c1-18-8-3-2-7(19-12(13,14)15)4-6(8)5-9-10(17)16-11(20)21-9/h2-5H,1H3,(H,16,17,20). The molecule has 1 aliphatic heterocycles. The van der Waals surface area contributed by atoms with Crippen LogP contribution in [0.5, 0.6) is 11.5 Å². The number of halogens is 3. The highest BCUT2D eigenvalue weighted by Gasteiger charge is 2.31. The third-order valence-corrected chi connectivity index (χ3v) is 3.53. The number of thioether (sulfide) groups is 1. The molecule has 0 bridgehead atoms. The summed E-state index contributed by atoms with van der Waals surface area (Å²) in [4.78, 5) is 11.8. The number of rotatable bonds is 3. The molecule has 0 atom stereocenters. The minimum Gasteiger partial charge on any atom is -0.496 e. The van der Waals surface area contributed by atoms with Gasteiger partial charge in [0, 0.05) is 5.56 Å². The second kappa shape index (κ2) is 5.94. The Morgan fingerprint density at radius 3 is 2.62 bits per heavy atom. The van der Waals surface area contributed by atoms with Crippen LogP contribution in [0.3, 0.4) is 0 Å². The van der Waals surface area contributed by atoms with Crippen molar-refractivity contribution in [1.29, 1.82) is 0 Å². The van der Waals surface area contributed by atoms with Gasteiger partial charge in [-0.2, -0.15) is 0 Å². The van der Waals surface area contributed by atoms with Gasteiger partial charge in [0.25, 0.3) is 5.91 Å². The van der Waals surface area contributed by atoms with E-state index in [1.54, 1.807) is 0 Å². The molecule has 0 unspecified atom stereocenters. The van der Waals surface area contributed by atoms with Gasteiger partial charge in [-0.05, 0) is 24.3 Å². The molecule has 1 heterocycles. The highest BCUT2D eigenvalue weighted by atomic mass is 32.2. The number of amides is 1. The van der Waals surface area contributed by atoms with Crippen LogP contribution in [0.1, 0.15) is 5.56 Å². The Morgan fingerprint density at radius 2 is 2.10 bits per heavy atom. The molecule has 2 rings (SSSR count). The summed E-state index contributed by atoms with van der Waals surface area (Å²) in [6.07, 6.45) is -3.40. The van der Waals surface area contributed by atoms with Gasteiger partial charge in [-0.1, -0.05) is 24.0 Å². The lowest BCUT2D eigenvalue weighted by atomic mass is 10.1. The first-order valence-electron chi connectivity index (χ1n) is 5.47. The van der Waals surface area contributed by atoms with Crippen LogP contribution in [0, 0.1) is 0 Å². The van der Waals surface area contributed by atoms with Gasteiger partial charge >= 0.3 is 6.36 Å². The van der Waals surface area contributed by atoms with E-state index in [2.05, 4.69) is 10.1 Å². The summed E-state index contributed by atoms with van der Waals surface area (Å²) >= 11 is 5.85. The fraction of sp³-hybridized carbons (Fsp3) is 0.167. The van der Waals surface area contributed by atoms with Crippen molar-refractivity contribution in [2.75, 3.05) is 7.11 Å². The summed E-state index contributed by atoms with van der Waals surface area (Å²) in [6, 6.07) is 3.58. The third-order valence-electron chi connectivity index (χ3n) is 2.36. The summed E-state index contributed by atoms with van der Waals surface area (Å²) in [5.41, 5.74) is 0.279. The minimum atomic E-state index is -4.79. The normalized spacial score (nSPS) is 17.0. The summed E-state index contributed by atoms with van der Waals surface area (Å²) in [7, 11) is 1.37. The van der Waals surface area contributed by atoms with Crippen molar-refractivity contribution in [2.45, 2.75) is 6.36 Å². The highest BCUT2D eigenvalue weighted by Crippen LogP contribution is 2.33. The van der Waals surface area contributed by atoms with E-state index in [1.807, 2.05) is 0 Å². The third kappa shape index (κ3) is 4.11. The topological polar surface area (TPSA) is 47.6 Å². The predicted octanol–water partition coefficient (Wildman–Crippen LogP) is 3.08. The average molecular weight is 335 g/mol. The van der Waals surface area contributed by atoms with E-state index in [9.17, 15) is 18.0 Å². The first-order chi connectivity index (χ1) is 9.78. The summed E-state index contributed by atoms with van der Waals surface area (Å²) in [5.74, 6) is -0.501. The number of hydrogen-bond donors (Lipinski definition) is 1. The van der Waals surface area contributed by atoms with Gasteiger partial charge < -0.3 is 14.8 Å². The molecule has 112 valence electrons. The summed E-state index contributed by atoms with van der Waals surface area (Å²) < 4.78 is 45.8. The molecule has 1 amide bonds. The van der Waals surface area contributed by atoms with Crippen molar-refractivity contribution in [1.82, 2.24) is 5.32 Å². The molecular weight excluding hydrogens is 327 g/mol. The molecule has 4 nitrogen and oxygen atoms in total. The SMILES string of the molecule is COc1ccc(OC(F)(F)F)cc1C=C1SC(=S)NC1=O. The lowest BCUT2D eigenvalue weighted by Crippen LogP contribution is -2.17. The number of carbonyl (C=O) groups excluding carboxylic acids is 1. The molecule has 1 aromatic carbocycles. The van der Waals surface area contributed by atoms with Crippen molar-refractivity contribution >= 4 is 40.3 Å². The van der Waals surface area contributed by atoms with E-state index in [4.69, 9.17) is 17.0 Å². The lowest BCUT2D eigenvalue weighted by molar-refractivity contribution is -0.274. The van der Waals surface area contributed by atoms with E-state index in [0.29, 0.717) is 5.75 Å². The number of carbonyl (C=O) groups is 1. The number of methoxy groups -OCH3 is 1. The number of hydrogen-bond acceptors (Lipinski definition) is 5. The van der Waals surface area contributed by atoms with E-state index in [1.165, 1.54) is 19.3 Å². The van der Waals surface area contributed by atoms with Gasteiger partial charge in [-0.3, -0.25) is 4.79 Å². The molecule has 0 radical (unpaired) electrons. The first-order valence-corrected chi connectivity index (χ1v) is 6.69. The fourth-order valence-corrected chi connectivity index (χ4v) is 2.62. The fourth-order valence-electron chi connectivity index (χ4n) is 1.58. The number of nitrogens with one attached hydrogen (secondary N) is 1. The predicted molar refractivity (Wildman–Crippen MR) is 76.0 cm³/mol. The second-order valence-electron chi connectivity index (χ2n) is 3.80. The van der Waals surface area contributed by atoms with Crippen molar-refractivity contribution in [3.05, 3.63) is 28.7 Å². The van der Waals surface area contributed by atoms with Crippen molar-refractivity contribution in [3.8, 4) is 11.5 Å². The van der Waals surface area contributed by atoms with Crippen molar-refractivity contribution in [2.24, 2.45) is 0 Å². The zero-order chi connectivity index (χ0) is 15.6. The van der Waals surface area contributed by atoms with E-state index >= 15 is 0 Å². The smallest absolute Gasteiger partial charge is 0.496 e. The molecule has 1 saturated heterocycles. The van der Waals surface area contributed by atoms with Crippen LogP contribution in [-0.4, -0.2) is 23.7 Å². The Hall–Kier alpha value is -1.74. The molecule has 1 fully saturated rings. The lowest BCUT2D eigenvalue weighted by Gasteiger charge is -2.11. The van der Waals surface area contributed by atoms with Crippen LogP contribution in [0.2, 0.25) is 0 Å². The van der Waals surface area contributed by atoms with E-state index < -0.39 is 18.0 Å². The van der Waals surface area contributed by atoms with Crippen LogP contribution >= 0.6 is 24.0 Å². The van der Waals surface area contributed by atoms with E-state index in [0.717, 1.165) is 23.9 Å². The van der Waals surface area contributed by atoms with E-state index in [-0.39, 0.29) is 14.8 Å². The molecule has 0 aliphatic carbocycles. The van der Waals surface area contributed by atoms with Crippen molar-refractivity contribution < 1.29 is 27.4 Å². The van der Waals surface area contributed by atoms with Crippen LogP contribution < -0.4 is 14.8 Å². The van der Waals surface area contributed by atoms with Gasteiger partial charge in [-0.15, -0.1) is 13.2 Å². The number of thiocarbonyl (C=S) groups is 1. The number of alkyl halides is 3. The Kier molecular flexibility index (Phi) is 4.43. The Balaban J connectivity index is 2.37. The zero-order valence-corrected chi connectivity index (χ0v) is 12.1. The van der Waals surface area contributed by atoms with Gasteiger partial charge in [0.05, 0.1) is 12.0 Å². The molecule has 1 aliphatic rings. The summed E-state index contributed by atoms with van der Waals surface area (Å²) in [5, 5.41) is 2.41. The maximum Gasteiger partial charge on any atom is 0.573 e. The quantitative estimate of drug-likeness (QED) is 0.679. The Bertz CT molecular complexity index is 629. The van der Waals surface area contributed by atoms with Crippen molar-refractivity contribution in [3.63, 3.8) is 0 Å². The first kappa shape index (κ1) is 15.6. The molecule has 0 spiro atoms. The Morgan fingerprint density at radius 1 is 1.38 bits per heavy atom. The van der Waals surface area contributed by atoms with Crippen LogP contribution in [0.25, 0.3) is 6.08 Å². The number of benzene rings is 1. The van der Waals surface area contributed by atoms with Gasteiger partial charge in [0.1, 0.15) is 15.8 Å². The molecule has 0 saturated carbocycles. The molecule has 1 N–H and O–H groups in total. The average Bonchev–Trinajstić information content (AvgIpc) is 2.66. The molecule has 9 heteroatoms. The minimum absolute atomic E-state index is 0.266. The molecule has 21 heavy (non-hydrogen) atoms. The Labute approximate surface area is 127 Å². The van der Waals surface area contributed by atoms with Crippen LogP contribution in [-0.2, 0) is 4.79 Å². The second-order valence-corrected chi connectivity index (χ2v) is 5.52. The zero-order valence-electron chi connectivity index (χ0n) is 10.5. The highest BCUT2D eigenvalue weighted by molar-refractivity contribution is 8.26. The van der Waals surface area contributed by atoms with Gasteiger partial charge in [-0.25, -0.2) is 0 Å². The monoisotopic (exact) mass is 335 g/mol. The van der Waals surface area contributed by atoms with Gasteiger partial charge in [0.2, 0.25) is 0 Å². The number of ether oxygens (including phenoxy) is 2. The van der Waals surface area contributed by atoms with Gasteiger partial charge in [0.15, 0.2) is 0 Å². The summed E-state index contributed by atoms with van der Waals surface area (Å²) in [6.45, 7) is 0. The largest absolute Gasteiger partial charge is 0.573 e. The maximum absolute atomic E-state index is 12.2. The molecular formula is C12H8F3NO3S2. The maximum atomic E-state index is 12.2. The molecule has 1 aromatic rings.